The van der Waals surface area contributed by atoms with E-state index in [1.807, 2.05) is 0 Å². The van der Waals surface area contributed by atoms with E-state index in [-0.39, 0.29) is 11.7 Å². The van der Waals surface area contributed by atoms with Gasteiger partial charge in [-0.3, -0.25) is 4.79 Å². The van der Waals surface area contributed by atoms with Crippen LogP contribution in [0.25, 0.3) is 11.1 Å². The van der Waals surface area contributed by atoms with E-state index in [2.05, 4.69) is 4.98 Å². The van der Waals surface area contributed by atoms with Crippen molar-refractivity contribution in [1.82, 2.24) is 4.98 Å². The summed E-state index contributed by atoms with van der Waals surface area (Å²) in [5, 5.41) is 0.460. The molecule has 82 valence electrons. The molecule has 1 aliphatic rings. The minimum absolute atomic E-state index is 0.171. The Balaban J connectivity index is 2.15. The van der Waals surface area contributed by atoms with E-state index in [4.69, 9.17) is 16.0 Å². The maximum atomic E-state index is 11.9. The first-order valence-electron chi connectivity index (χ1n) is 5.26. The molecule has 3 nitrogen and oxygen atoms in total. The zero-order valence-electron chi connectivity index (χ0n) is 8.79. The highest BCUT2D eigenvalue weighted by Crippen LogP contribution is 2.34. The number of carbonyl (C=O) groups excluding carboxylic acids is 1. The standard InChI is InChI=1S/C12H10ClNO2/c1-6-14-10-5-8(11(15)7-2-3-7)4-9(13)12(10)16-6/h4-5,7H,2-3H2,1H3. The fourth-order valence-corrected chi connectivity index (χ4v) is 2.08. The maximum Gasteiger partial charge on any atom is 0.192 e. The lowest BCUT2D eigenvalue weighted by atomic mass is 10.1. The summed E-state index contributed by atoms with van der Waals surface area (Å²) < 4.78 is 5.36. The second-order valence-electron chi connectivity index (χ2n) is 4.18. The van der Waals surface area contributed by atoms with E-state index in [0.717, 1.165) is 12.8 Å². The summed E-state index contributed by atoms with van der Waals surface area (Å²) in [7, 11) is 0. The molecule has 2 aromatic rings. The zero-order valence-corrected chi connectivity index (χ0v) is 9.54. The Morgan fingerprint density at radius 1 is 1.50 bits per heavy atom. The van der Waals surface area contributed by atoms with Crippen molar-refractivity contribution in [2.24, 2.45) is 5.92 Å². The molecule has 4 heteroatoms. The second-order valence-corrected chi connectivity index (χ2v) is 4.58. The highest BCUT2D eigenvalue weighted by Gasteiger charge is 2.31. The van der Waals surface area contributed by atoms with Crippen LogP contribution in [0.1, 0.15) is 29.1 Å². The highest BCUT2D eigenvalue weighted by molar-refractivity contribution is 6.35. The Morgan fingerprint density at radius 2 is 2.25 bits per heavy atom. The van der Waals surface area contributed by atoms with Gasteiger partial charge in [0.2, 0.25) is 0 Å². The monoisotopic (exact) mass is 235 g/mol. The van der Waals surface area contributed by atoms with Crippen LogP contribution in [0.2, 0.25) is 5.02 Å². The molecule has 1 aliphatic carbocycles. The molecule has 0 N–H and O–H groups in total. The second kappa shape index (κ2) is 3.32. The molecule has 1 heterocycles. The minimum Gasteiger partial charge on any atom is -0.439 e. The number of Topliss-reactive ketones (excluding diaryl/α,β-unsaturated/α-hetero) is 1. The largest absolute Gasteiger partial charge is 0.439 e. The molecule has 0 saturated heterocycles. The van der Waals surface area contributed by atoms with Crippen LogP contribution < -0.4 is 0 Å². The Kier molecular flexibility index (Phi) is 2.04. The van der Waals surface area contributed by atoms with Crippen LogP contribution in [0.15, 0.2) is 16.5 Å². The fourth-order valence-electron chi connectivity index (χ4n) is 1.83. The molecule has 0 amide bonds. The molecule has 0 spiro atoms. The molecule has 0 bridgehead atoms. The quantitative estimate of drug-likeness (QED) is 0.750. The Hall–Kier alpha value is -1.35. The molecule has 0 radical (unpaired) electrons. The van der Waals surface area contributed by atoms with Gasteiger partial charge < -0.3 is 4.42 Å². The van der Waals surface area contributed by atoms with E-state index in [1.54, 1.807) is 19.1 Å². The lowest BCUT2D eigenvalue weighted by Gasteiger charge is -1.99. The first kappa shape index (κ1) is 9.85. The summed E-state index contributed by atoms with van der Waals surface area (Å²) in [5.41, 5.74) is 1.87. The number of hydrogen-bond acceptors (Lipinski definition) is 3. The molecule has 0 atom stereocenters. The summed E-state index contributed by atoms with van der Waals surface area (Å²) in [4.78, 5) is 16.1. The number of fused-ring (bicyclic) bond motifs is 1. The van der Waals surface area contributed by atoms with Crippen LogP contribution in [0, 0.1) is 12.8 Å². The van der Waals surface area contributed by atoms with Crippen LogP contribution in [-0.4, -0.2) is 10.8 Å². The van der Waals surface area contributed by atoms with E-state index in [9.17, 15) is 4.79 Å². The number of rotatable bonds is 2. The van der Waals surface area contributed by atoms with Gasteiger partial charge in [0.1, 0.15) is 5.52 Å². The van der Waals surface area contributed by atoms with E-state index >= 15 is 0 Å². The highest BCUT2D eigenvalue weighted by atomic mass is 35.5. The third-order valence-electron chi connectivity index (χ3n) is 2.78. The molecule has 3 rings (SSSR count). The molecule has 1 aromatic heterocycles. The van der Waals surface area contributed by atoms with Gasteiger partial charge >= 0.3 is 0 Å². The number of halogens is 1. The maximum absolute atomic E-state index is 11.9. The van der Waals surface area contributed by atoms with Crippen LogP contribution >= 0.6 is 11.6 Å². The van der Waals surface area contributed by atoms with Crippen LogP contribution in [0.5, 0.6) is 0 Å². The Labute approximate surface area is 97.4 Å². The summed E-state index contributed by atoms with van der Waals surface area (Å²) >= 11 is 6.06. The molecule has 0 unspecified atom stereocenters. The van der Waals surface area contributed by atoms with Crippen molar-refractivity contribution >= 4 is 28.5 Å². The third kappa shape index (κ3) is 1.52. The van der Waals surface area contributed by atoms with Crippen molar-refractivity contribution in [3.05, 3.63) is 28.6 Å². The van der Waals surface area contributed by atoms with Crippen LogP contribution in [0.3, 0.4) is 0 Å². The first-order valence-corrected chi connectivity index (χ1v) is 5.64. The zero-order chi connectivity index (χ0) is 11.3. The molecule has 1 saturated carbocycles. The van der Waals surface area contributed by atoms with Crippen molar-refractivity contribution in [3.63, 3.8) is 0 Å². The Bertz CT molecular complexity index is 584. The summed E-state index contributed by atoms with van der Waals surface area (Å²) in [6.45, 7) is 1.76. The number of oxazole rings is 1. The number of ketones is 1. The van der Waals surface area contributed by atoms with Crippen LogP contribution in [-0.2, 0) is 0 Å². The first-order chi connectivity index (χ1) is 7.65. The van der Waals surface area contributed by atoms with E-state index in [0.29, 0.717) is 27.6 Å². The van der Waals surface area contributed by atoms with Gasteiger partial charge in [-0.2, -0.15) is 0 Å². The molecule has 1 fully saturated rings. The predicted molar refractivity (Wildman–Crippen MR) is 60.8 cm³/mol. The van der Waals surface area contributed by atoms with Gasteiger partial charge in [-0.15, -0.1) is 0 Å². The summed E-state index contributed by atoms with van der Waals surface area (Å²) in [5.74, 6) is 0.930. The average molecular weight is 236 g/mol. The molecule has 1 aromatic carbocycles. The van der Waals surface area contributed by atoms with Gasteiger partial charge in [0.25, 0.3) is 0 Å². The van der Waals surface area contributed by atoms with Gasteiger partial charge in [0, 0.05) is 18.4 Å². The lowest BCUT2D eigenvalue weighted by molar-refractivity contribution is 0.0968. The molecule has 0 aliphatic heterocycles. The lowest BCUT2D eigenvalue weighted by Crippen LogP contribution is -2.00. The number of nitrogens with zero attached hydrogens (tertiary/aromatic N) is 1. The van der Waals surface area contributed by atoms with Crippen molar-refractivity contribution < 1.29 is 9.21 Å². The van der Waals surface area contributed by atoms with Gasteiger partial charge in [0.15, 0.2) is 17.3 Å². The number of carbonyl (C=O) groups is 1. The van der Waals surface area contributed by atoms with Crippen molar-refractivity contribution in [2.45, 2.75) is 19.8 Å². The van der Waals surface area contributed by atoms with E-state index in [1.165, 1.54) is 0 Å². The van der Waals surface area contributed by atoms with Gasteiger partial charge in [-0.1, -0.05) is 11.6 Å². The smallest absolute Gasteiger partial charge is 0.192 e. The van der Waals surface area contributed by atoms with Crippen molar-refractivity contribution in [1.29, 1.82) is 0 Å². The summed E-state index contributed by atoms with van der Waals surface area (Å²) in [6.07, 6.45) is 1.98. The van der Waals surface area contributed by atoms with Crippen LogP contribution in [0.4, 0.5) is 0 Å². The number of hydrogen-bond donors (Lipinski definition) is 0. The molecular formula is C12H10ClNO2. The third-order valence-corrected chi connectivity index (χ3v) is 3.07. The van der Waals surface area contributed by atoms with Crippen molar-refractivity contribution in [2.75, 3.05) is 0 Å². The fraction of sp³-hybridized carbons (Fsp3) is 0.333. The topological polar surface area (TPSA) is 43.1 Å². The molecule has 16 heavy (non-hydrogen) atoms. The minimum atomic E-state index is 0.171. The number of aryl methyl sites for hydroxylation is 1. The van der Waals surface area contributed by atoms with Gasteiger partial charge in [-0.25, -0.2) is 4.98 Å². The van der Waals surface area contributed by atoms with Gasteiger partial charge in [0.05, 0.1) is 5.02 Å². The van der Waals surface area contributed by atoms with E-state index < -0.39 is 0 Å². The van der Waals surface area contributed by atoms with Gasteiger partial charge in [-0.05, 0) is 25.0 Å². The SMILES string of the molecule is Cc1nc2cc(C(=O)C3CC3)cc(Cl)c2o1. The Morgan fingerprint density at radius 3 is 2.94 bits per heavy atom. The van der Waals surface area contributed by atoms with Crippen molar-refractivity contribution in [3.8, 4) is 0 Å². The number of aromatic nitrogens is 1. The molecular weight excluding hydrogens is 226 g/mol. The predicted octanol–water partition coefficient (Wildman–Crippen LogP) is 3.38. The number of benzene rings is 1. The summed E-state index contributed by atoms with van der Waals surface area (Å²) in [6, 6.07) is 3.44. The normalized spacial score (nSPS) is 15.6. The average Bonchev–Trinajstić information content (AvgIpc) is 3.00.